The van der Waals surface area contributed by atoms with Crippen molar-refractivity contribution in [3.8, 4) is 5.75 Å². The fourth-order valence-corrected chi connectivity index (χ4v) is 1.22. The van der Waals surface area contributed by atoms with Crippen LogP contribution in [0.4, 0.5) is 13.2 Å². The van der Waals surface area contributed by atoms with E-state index in [0.717, 1.165) is 12.1 Å². The van der Waals surface area contributed by atoms with Crippen LogP contribution in [0.25, 0.3) is 0 Å². The van der Waals surface area contributed by atoms with E-state index in [9.17, 15) is 18.0 Å². The summed E-state index contributed by atoms with van der Waals surface area (Å²) < 4.78 is 37.2. The Morgan fingerprint density at radius 2 is 1.93 bits per heavy atom. The maximum absolute atomic E-state index is 12.4. The van der Waals surface area contributed by atoms with Gasteiger partial charge in [0.05, 0.1) is 6.42 Å². The van der Waals surface area contributed by atoms with E-state index < -0.39 is 35.4 Å². The molecule has 0 heterocycles. The Balaban J connectivity index is 3.27. The molecule has 1 rings (SSSR count). The monoisotopic (exact) mass is 220 g/mol. The molecule has 0 aliphatic rings. The fraction of sp³-hybridized carbons (Fsp3) is 0.222. The second kappa shape index (κ2) is 3.80. The van der Waals surface area contributed by atoms with Crippen molar-refractivity contribution in [1.82, 2.24) is 0 Å². The van der Waals surface area contributed by atoms with E-state index in [2.05, 4.69) is 0 Å². The molecule has 0 radical (unpaired) electrons. The van der Waals surface area contributed by atoms with Crippen molar-refractivity contribution >= 4 is 5.97 Å². The first-order valence-corrected chi connectivity index (χ1v) is 3.92. The van der Waals surface area contributed by atoms with Crippen LogP contribution < -0.4 is 0 Å². The summed E-state index contributed by atoms with van der Waals surface area (Å²) in [7, 11) is 0. The number of phenolic OH excluding ortho intramolecular Hbond substituents is 1. The molecule has 0 saturated carbocycles. The van der Waals surface area contributed by atoms with Crippen LogP contribution >= 0.6 is 0 Å². The predicted octanol–water partition coefficient (Wildman–Crippen LogP) is 2.04. The van der Waals surface area contributed by atoms with Crippen LogP contribution in [-0.4, -0.2) is 16.2 Å². The summed E-state index contributed by atoms with van der Waals surface area (Å²) in [5.74, 6) is -2.34. The zero-order valence-electron chi connectivity index (χ0n) is 7.38. The van der Waals surface area contributed by atoms with E-state index in [0.29, 0.717) is 0 Å². The summed E-state index contributed by atoms with van der Waals surface area (Å²) in [6.07, 6.45) is -5.53. The third-order valence-corrected chi connectivity index (χ3v) is 1.75. The van der Waals surface area contributed by atoms with Gasteiger partial charge in [-0.05, 0) is 11.6 Å². The molecule has 3 nitrogen and oxygen atoms in total. The Kier molecular flexibility index (Phi) is 2.88. The molecule has 0 bridgehead atoms. The SMILES string of the molecule is O=C(O)Cc1cccc(O)c1C(F)(F)F. The minimum Gasteiger partial charge on any atom is -0.507 e. The summed E-state index contributed by atoms with van der Waals surface area (Å²) in [5, 5.41) is 17.4. The molecule has 2 N–H and O–H groups in total. The Morgan fingerprint density at radius 1 is 1.33 bits per heavy atom. The lowest BCUT2D eigenvalue weighted by atomic mass is 10.0. The molecule has 1 aromatic rings. The van der Waals surface area contributed by atoms with Gasteiger partial charge in [-0.3, -0.25) is 4.79 Å². The highest BCUT2D eigenvalue weighted by atomic mass is 19.4. The van der Waals surface area contributed by atoms with Gasteiger partial charge in [-0.15, -0.1) is 0 Å². The minimum absolute atomic E-state index is 0.449. The van der Waals surface area contributed by atoms with E-state index in [4.69, 9.17) is 10.2 Å². The van der Waals surface area contributed by atoms with E-state index in [-0.39, 0.29) is 0 Å². The number of carbonyl (C=O) groups is 1. The average molecular weight is 220 g/mol. The van der Waals surface area contributed by atoms with Crippen LogP contribution in [0.2, 0.25) is 0 Å². The van der Waals surface area contributed by atoms with Gasteiger partial charge in [0.25, 0.3) is 0 Å². The summed E-state index contributed by atoms with van der Waals surface area (Å²) in [5.41, 5.74) is -1.73. The minimum atomic E-state index is -4.75. The topological polar surface area (TPSA) is 57.5 Å². The molecule has 82 valence electrons. The molecule has 0 atom stereocenters. The van der Waals surface area contributed by atoms with Crippen LogP contribution in [-0.2, 0) is 17.4 Å². The molecule has 1 aromatic carbocycles. The first-order valence-electron chi connectivity index (χ1n) is 3.92. The molecule has 0 spiro atoms. The fourth-order valence-electron chi connectivity index (χ4n) is 1.22. The van der Waals surface area contributed by atoms with Crippen molar-refractivity contribution in [2.24, 2.45) is 0 Å². The van der Waals surface area contributed by atoms with Gasteiger partial charge in [-0.25, -0.2) is 0 Å². The molecular weight excluding hydrogens is 213 g/mol. The maximum Gasteiger partial charge on any atom is 0.420 e. The second-order valence-electron chi connectivity index (χ2n) is 2.88. The van der Waals surface area contributed by atoms with Crippen LogP contribution in [0.15, 0.2) is 18.2 Å². The quantitative estimate of drug-likeness (QED) is 0.801. The summed E-state index contributed by atoms with van der Waals surface area (Å²) in [6, 6.07) is 3.06. The van der Waals surface area contributed by atoms with Gasteiger partial charge < -0.3 is 10.2 Å². The van der Waals surface area contributed by atoms with Gasteiger partial charge in [0.2, 0.25) is 0 Å². The largest absolute Gasteiger partial charge is 0.507 e. The van der Waals surface area contributed by atoms with E-state index in [1.165, 1.54) is 6.07 Å². The second-order valence-corrected chi connectivity index (χ2v) is 2.88. The molecule has 0 unspecified atom stereocenters. The molecule has 6 heteroatoms. The summed E-state index contributed by atoms with van der Waals surface area (Å²) in [4.78, 5) is 10.3. The standard InChI is InChI=1S/C9H7F3O3/c10-9(11,12)8-5(4-7(14)15)2-1-3-6(8)13/h1-3,13H,4H2,(H,14,15). The number of hydrogen-bond donors (Lipinski definition) is 2. The highest BCUT2D eigenvalue weighted by molar-refractivity contribution is 5.71. The Morgan fingerprint density at radius 3 is 2.40 bits per heavy atom. The van der Waals surface area contributed by atoms with Crippen molar-refractivity contribution in [1.29, 1.82) is 0 Å². The average Bonchev–Trinajstić information content (AvgIpc) is 1.99. The van der Waals surface area contributed by atoms with Crippen LogP contribution in [0.5, 0.6) is 5.75 Å². The maximum atomic E-state index is 12.4. The highest BCUT2D eigenvalue weighted by Crippen LogP contribution is 2.38. The first kappa shape index (κ1) is 11.4. The van der Waals surface area contributed by atoms with Crippen molar-refractivity contribution in [2.75, 3.05) is 0 Å². The van der Waals surface area contributed by atoms with Gasteiger partial charge in [0, 0.05) is 0 Å². The van der Waals surface area contributed by atoms with Crippen LogP contribution in [0.1, 0.15) is 11.1 Å². The molecule has 0 saturated heterocycles. The Labute approximate surface area is 82.8 Å². The molecule has 0 aromatic heterocycles. The molecule has 0 amide bonds. The molecular formula is C9H7F3O3. The smallest absolute Gasteiger partial charge is 0.420 e. The number of halogens is 3. The van der Waals surface area contributed by atoms with Gasteiger partial charge in [-0.2, -0.15) is 13.2 Å². The zero-order chi connectivity index (χ0) is 11.6. The van der Waals surface area contributed by atoms with Crippen molar-refractivity contribution in [3.05, 3.63) is 29.3 Å². The van der Waals surface area contributed by atoms with Crippen molar-refractivity contribution < 1.29 is 28.2 Å². The molecule has 0 aliphatic heterocycles. The van der Waals surface area contributed by atoms with Crippen molar-refractivity contribution in [2.45, 2.75) is 12.6 Å². The third-order valence-electron chi connectivity index (χ3n) is 1.75. The molecule has 15 heavy (non-hydrogen) atoms. The van der Waals surface area contributed by atoms with Gasteiger partial charge >= 0.3 is 12.1 Å². The number of phenols is 1. The highest BCUT2D eigenvalue weighted by Gasteiger charge is 2.36. The Bertz CT molecular complexity index is 385. The van der Waals surface area contributed by atoms with Gasteiger partial charge in [0.1, 0.15) is 11.3 Å². The third kappa shape index (κ3) is 2.61. The van der Waals surface area contributed by atoms with Gasteiger partial charge in [0.15, 0.2) is 0 Å². The Hall–Kier alpha value is -1.72. The van der Waals surface area contributed by atoms with E-state index >= 15 is 0 Å². The van der Waals surface area contributed by atoms with Crippen molar-refractivity contribution in [3.63, 3.8) is 0 Å². The van der Waals surface area contributed by atoms with E-state index in [1.807, 2.05) is 0 Å². The van der Waals surface area contributed by atoms with Crippen LogP contribution in [0, 0.1) is 0 Å². The summed E-state index contributed by atoms with van der Waals surface area (Å²) in [6.45, 7) is 0. The molecule has 0 fully saturated rings. The predicted molar refractivity (Wildman–Crippen MR) is 44.4 cm³/mol. The number of aliphatic carboxylic acids is 1. The normalized spacial score (nSPS) is 11.4. The lowest BCUT2D eigenvalue weighted by Gasteiger charge is -2.12. The summed E-state index contributed by atoms with van der Waals surface area (Å²) >= 11 is 0. The number of carboxylic acids is 1. The zero-order valence-corrected chi connectivity index (χ0v) is 7.38. The number of rotatable bonds is 2. The molecule has 0 aliphatic carbocycles. The number of aromatic hydroxyl groups is 1. The van der Waals surface area contributed by atoms with Crippen LogP contribution in [0.3, 0.4) is 0 Å². The first-order chi connectivity index (χ1) is 6.82. The number of benzene rings is 1. The lowest BCUT2D eigenvalue weighted by Crippen LogP contribution is -2.12. The number of carboxylic acid groups (broad SMARTS) is 1. The lowest BCUT2D eigenvalue weighted by molar-refractivity contribution is -0.140. The van der Waals surface area contributed by atoms with E-state index in [1.54, 1.807) is 0 Å². The number of alkyl halides is 3. The number of hydrogen-bond acceptors (Lipinski definition) is 2. The van der Waals surface area contributed by atoms with Gasteiger partial charge in [-0.1, -0.05) is 12.1 Å².